The summed E-state index contributed by atoms with van der Waals surface area (Å²) in [6.07, 6.45) is 2.86. The second-order valence-electron chi connectivity index (χ2n) is 6.38. The minimum Gasteiger partial charge on any atom is -0.350 e. The molecule has 1 aliphatic rings. The highest BCUT2D eigenvalue weighted by Crippen LogP contribution is 2.25. The Morgan fingerprint density at radius 3 is 2.54 bits per heavy atom. The fourth-order valence-electron chi connectivity index (χ4n) is 2.79. The molecule has 0 bridgehead atoms. The molecule has 1 saturated heterocycles. The van der Waals surface area contributed by atoms with E-state index < -0.39 is 10.0 Å². The van der Waals surface area contributed by atoms with Crippen LogP contribution in [-0.2, 0) is 10.0 Å². The first-order valence-corrected chi connectivity index (χ1v) is 9.87. The molecular weight excluding hydrogens is 326 g/mol. The van der Waals surface area contributed by atoms with E-state index >= 15 is 0 Å². The number of nitrogens with zero attached hydrogens (tertiary/aromatic N) is 1. The fourth-order valence-corrected chi connectivity index (χ4v) is 4.49. The van der Waals surface area contributed by atoms with E-state index in [-0.39, 0.29) is 22.9 Å². The van der Waals surface area contributed by atoms with Crippen LogP contribution in [0.2, 0.25) is 0 Å². The molecule has 2 unspecified atom stereocenters. The molecule has 2 rings (SSSR count). The van der Waals surface area contributed by atoms with Crippen LogP contribution in [0.4, 0.5) is 0 Å². The highest BCUT2D eigenvalue weighted by Gasteiger charge is 2.30. The van der Waals surface area contributed by atoms with Crippen LogP contribution in [0.3, 0.4) is 0 Å². The van der Waals surface area contributed by atoms with Crippen LogP contribution in [0.5, 0.6) is 0 Å². The number of amides is 1. The SMILES string of the molecule is CNC(C)CNC(=O)c1ccc(S(=O)(=O)N2CCCCC2C)cc1. The third-order valence-electron chi connectivity index (χ3n) is 4.53. The number of hydrogen-bond donors (Lipinski definition) is 2. The van der Waals surface area contributed by atoms with Crippen LogP contribution >= 0.6 is 0 Å². The van der Waals surface area contributed by atoms with Crippen molar-refractivity contribution < 1.29 is 13.2 Å². The molecule has 1 aromatic carbocycles. The lowest BCUT2D eigenvalue weighted by molar-refractivity contribution is 0.0950. The predicted molar refractivity (Wildman–Crippen MR) is 94.5 cm³/mol. The summed E-state index contributed by atoms with van der Waals surface area (Å²) in [6, 6.07) is 6.38. The largest absolute Gasteiger partial charge is 0.350 e. The molecule has 2 atom stereocenters. The van der Waals surface area contributed by atoms with Gasteiger partial charge in [0.2, 0.25) is 10.0 Å². The van der Waals surface area contributed by atoms with Crippen LogP contribution in [-0.4, -0.2) is 50.9 Å². The molecular formula is C17H27N3O3S. The normalized spacial score (nSPS) is 20.5. The van der Waals surface area contributed by atoms with Gasteiger partial charge in [0, 0.05) is 30.7 Å². The summed E-state index contributed by atoms with van der Waals surface area (Å²) in [4.78, 5) is 12.3. The molecule has 1 aromatic rings. The Balaban J connectivity index is 2.09. The standard InChI is InChI=1S/C17H27N3O3S/c1-13(18-3)12-19-17(21)15-7-9-16(10-8-15)24(22,23)20-11-5-4-6-14(20)2/h7-10,13-14,18H,4-6,11-12H2,1-3H3,(H,19,21). The van der Waals surface area contributed by atoms with Crippen molar-refractivity contribution in [3.8, 4) is 0 Å². The van der Waals surface area contributed by atoms with Crippen LogP contribution in [0.1, 0.15) is 43.5 Å². The van der Waals surface area contributed by atoms with Gasteiger partial charge in [-0.1, -0.05) is 6.42 Å². The second-order valence-corrected chi connectivity index (χ2v) is 8.28. The summed E-state index contributed by atoms with van der Waals surface area (Å²) in [5.74, 6) is -0.201. The lowest BCUT2D eigenvalue weighted by Gasteiger charge is -2.32. The zero-order valence-corrected chi connectivity index (χ0v) is 15.4. The third kappa shape index (κ3) is 4.34. The number of piperidine rings is 1. The van der Waals surface area contributed by atoms with E-state index in [0.717, 1.165) is 19.3 Å². The summed E-state index contributed by atoms with van der Waals surface area (Å²) >= 11 is 0. The van der Waals surface area contributed by atoms with Gasteiger partial charge in [0.1, 0.15) is 0 Å². The van der Waals surface area contributed by atoms with E-state index in [1.165, 1.54) is 12.1 Å². The molecule has 0 aliphatic carbocycles. The first kappa shape index (κ1) is 18.9. The molecule has 0 spiro atoms. The van der Waals surface area contributed by atoms with Gasteiger partial charge in [-0.05, 0) is 58.0 Å². The van der Waals surface area contributed by atoms with E-state index in [9.17, 15) is 13.2 Å². The summed E-state index contributed by atoms with van der Waals surface area (Å²) in [7, 11) is -1.66. The van der Waals surface area contributed by atoms with Gasteiger partial charge in [0.05, 0.1) is 4.90 Å². The van der Waals surface area contributed by atoms with Gasteiger partial charge in [-0.2, -0.15) is 4.31 Å². The monoisotopic (exact) mass is 353 g/mol. The lowest BCUT2D eigenvalue weighted by atomic mass is 10.1. The minimum atomic E-state index is -3.49. The van der Waals surface area contributed by atoms with Gasteiger partial charge in [-0.25, -0.2) is 8.42 Å². The van der Waals surface area contributed by atoms with Crippen molar-refractivity contribution in [2.24, 2.45) is 0 Å². The van der Waals surface area contributed by atoms with Crippen molar-refractivity contribution in [2.75, 3.05) is 20.1 Å². The zero-order chi connectivity index (χ0) is 17.7. The van der Waals surface area contributed by atoms with Gasteiger partial charge >= 0.3 is 0 Å². The lowest BCUT2D eigenvalue weighted by Crippen LogP contribution is -2.41. The Labute approximate surface area is 144 Å². The topological polar surface area (TPSA) is 78.5 Å². The highest BCUT2D eigenvalue weighted by molar-refractivity contribution is 7.89. The molecule has 0 radical (unpaired) electrons. The molecule has 2 N–H and O–H groups in total. The first-order valence-electron chi connectivity index (χ1n) is 8.43. The van der Waals surface area contributed by atoms with Crippen LogP contribution in [0.15, 0.2) is 29.2 Å². The van der Waals surface area contributed by atoms with E-state index in [1.54, 1.807) is 16.4 Å². The summed E-state index contributed by atoms with van der Waals surface area (Å²) in [5, 5.41) is 5.86. The Bertz CT molecular complexity index is 658. The van der Waals surface area contributed by atoms with Gasteiger partial charge in [0.25, 0.3) is 5.91 Å². The predicted octanol–water partition coefficient (Wildman–Crippen LogP) is 1.59. The maximum Gasteiger partial charge on any atom is 0.251 e. The van der Waals surface area contributed by atoms with Crippen LogP contribution in [0, 0.1) is 0 Å². The number of carbonyl (C=O) groups excluding carboxylic acids is 1. The summed E-state index contributed by atoms with van der Waals surface area (Å²) < 4.78 is 27.1. The Morgan fingerprint density at radius 2 is 1.96 bits per heavy atom. The molecule has 0 saturated carbocycles. The summed E-state index contributed by atoms with van der Waals surface area (Å²) in [6.45, 7) is 4.99. The minimum absolute atomic E-state index is 0.0229. The molecule has 1 amide bonds. The average Bonchev–Trinajstić information content (AvgIpc) is 2.59. The molecule has 1 heterocycles. The van der Waals surface area contributed by atoms with Crippen molar-refractivity contribution in [1.82, 2.24) is 14.9 Å². The molecule has 1 fully saturated rings. The molecule has 0 aromatic heterocycles. The fraction of sp³-hybridized carbons (Fsp3) is 0.588. The number of hydrogen-bond acceptors (Lipinski definition) is 4. The maximum atomic E-state index is 12.7. The zero-order valence-electron chi connectivity index (χ0n) is 14.6. The van der Waals surface area contributed by atoms with Crippen LogP contribution in [0.25, 0.3) is 0 Å². The average molecular weight is 353 g/mol. The van der Waals surface area contributed by atoms with E-state index in [0.29, 0.717) is 18.7 Å². The Morgan fingerprint density at radius 1 is 1.29 bits per heavy atom. The van der Waals surface area contributed by atoms with Crippen molar-refractivity contribution in [3.05, 3.63) is 29.8 Å². The van der Waals surface area contributed by atoms with Gasteiger partial charge in [0.15, 0.2) is 0 Å². The Hall–Kier alpha value is -1.44. The van der Waals surface area contributed by atoms with Gasteiger partial charge < -0.3 is 10.6 Å². The van der Waals surface area contributed by atoms with Crippen LogP contribution < -0.4 is 10.6 Å². The number of sulfonamides is 1. The van der Waals surface area contributed by atoms with Crippen molar-refractivity contribution in [3.63, 3.8) is 0 Å². The molecule has 134 valence electrons. The number of rotatable bonds is 6. The molecule has 6 nitrogen and oxygen atoms in total. The highest BCUT2D eigenvalue weighted by atomic mass is 32.2. The van der Waals surface area contributed by atoms with Gasteiger partial charge in [-0.3, -0.25) is 4.79 Å². The van der Waals surface area contributed by atoms with Crippen molar-refractivity contribution in [1.29, 1.82) is 0 Å². The smallest absolute Gasteiger partial charge is 0.251 e. The quantitative estimate of drug-likeness (QED) is 0.814. The van der Waals surface area contributed by atoms with E-state index in [1.807, 2.05) is 20.9 Å². The maximum absolute atomic E-state index is 12.7. The number of carbonyl (C=O) groups is 1. The number of benzene rings is 1. The van der Waals surface area contributed by atoms with Crippen molar-refractivity contribution in [2.45, 2.75) is 50.1 Å². The molecule has 1 aliphatic heterocycles. The van der Waals surface area contributed by atoms with E-state index in [2.05, 4.69) is 10.6 Å². The Kier molecular flexibility index (Phi) is 6.37. The second kappa shape index (κ2) is 8.09. The van der Waals surface area contributed by atoms with Crippen molar-refractivity contribution >= 4 is 15.9 Å². The molecule has 7 heteroatoms. The molecule has 24 heavy (non-hydrogen) atoms. The summed E-state index contributed by atoms with van der Waals surface area (Å²) in [5.41, 5.74) is 0.462. The number of nitrogens with one attached hydrogen (secondary N) is 2. The number of likely N-dealkylation sites (N-methyl/N-ethyl adjacent to an activating group) is 1. The third-order valence-corrected chi connectivity index (χ3v) is 6.55. The first-order chi connectivity index (χ1) is 11.4. The van der Waals surface area contributed by atoms with E-state index in [4.69, 9.17) is 0 Å². The van der Waals surface area contributed by atoms with Gasteiger partial charge in [-0.15, -0.1) is 0 Å².